The summed E-state index contributed by atoms with van der Waals surface area (Å²) in [6.45, 7) is 4.39. The van der Waals surface area contributed by atoms with E-state index in [-0.39, 0.29) is 5.97 Å². The number of nitrogens with one attached hydrogen (secondary N) is 1. The third kappa shape index (κ3) is 3.40. The molecule has 116 valence electrons. The Bertz CT molecular complexity index is 635. The van der Waals surface area contributed by atoms with E-state index < -0.39 is 6.04 Å². The van der Waals surface area contributed by atoms with Crippen LogP contribution in [0, 0.1) is 0 Å². The van der Waals surface area contributed by atoms with Gasteiger partial charge in [0.05, 0.1) is 12.2 Å². The van der Waals surface area contributed by atoms with Gasteiger partial charge in [0.2, 0.25) is 0 Å². The molecule has 1 aromatic carbocycles. The fraction of sp³-hybridized carbons (Fsp3) is 0.312. The molecule has 0 aliphatic carbocycles. The lowest BCUT2D eigenvalue weighted by atomic mass is 9.95. The number of carbonyl (C=O) groups excluding carboxylic acids is 1. The summed E-state index contributed by atoms with van der Waals surface area (Å²) in [4.78, 5) is 16.8. The van der Waals surface area contributed by atoms with Crippen molar-refractivity contribution in [1.82, 2.24) is 5.32 Å². The maximum atomic E-state index is 12.3. The number of nitrogens with two attached hydrogens (primary N) is 1. The molecule has 0 fully saturated rings. The number of benzene rings is 1. The highest BCUT2D eigenvalue weighted by Crippen LogP contribution is 2.31. The van der Waals surface area contributed by atoms with Crippen LogP contribution in [0.4, 0.5) is 0 Å². The summed E-state index contributed by atoms with van der Waals surface area (Å²) in [6, 6.07) is 7.29. The van der Waals surface area contributed by atoms with Crippen molar-refractivity contribution in [2.45, 2.75) is 26.4 Å². The number of rotatable bonds is 5. The molecule has 1 aliphatic heterocycles. The normalized spacial score (nSPS) is 17.6. The van der Waals surface area contributed by atoms with Crippen molar-refractivity contribution in [3.05, 3.63) is 46.7 Å². The maximum absolute atomic E-state index is 12.3. The van der Waals surface area contributed by atoms with Crippen molar-refractivity contribution in [2.24, 2.45) is 10.7 Å². The fourth-order valence-corrected chi connectivity index (χ4v) is 2.43. The van der Waals surface area contributed by atoms with Gasteiger partial charge in [-0.15, -0.1) is 0 Å². The zero-order valence-corrected chi connectivity index (χ0v) is 13.4. The predicted molar refractivity (Wildman–Crippen MR) is 90.6 cm³/mol. The summed E-state index contributed by atoms with van der Waals surface area (Å²) in [5.74, 6) is 0.195. The second kappa shape index (κ2) is 7.29. The van der Waals surface area contributed by atoms with Gasteiger partial charge in [-0.3, -0.25) is 4.99 Å². The number of amidine groups is 1. The molecular formula is C16H19N3O2S. The third-order valence-corrected chi connectivity index (χ3v) is 3.62. The van der Waals surface area contributed by atoms with Crippen LogP contribution in [0.1, 0.15) is 31.0 Å². The highest BCUT2D eigenvalue weighted by Gasteiger charge is 2.29. The summed E-state index contributed by atoms with van der Waals surface area (Å²) in [5, 5.41) is 4.49. The quantitative estimate of drug-likeness (QED) is 0.642. The minimum absolute atomic E-state index is 0.318. The number of hydrogen-bond acceptors (Lipinski definition) is 6. The van der Waals surface area contributed by atoms with Crippen molar-refractivity contribution in [1.29, 1.82) is 0 Å². The molecule has 0 amide bonds. The molecule has 1 atom stereocenters. The molecule has 0 spiro atoms. The van der Waals surface area contributed by atoms with Gasteiger partial charge in [-0.05, 0) is 25.0 Å². The van der Waals surface area contributed by atoms with E-state index in [9.17, 15) is 4.79 Å². The van der Waals surface area contributed by atoms with E-state index in [0.29, 0.717) is 30.3 Å². The Kier molecular flexibility index (Phi) is 5.41. The van der Waals surface area contributed by atoms with Gasteiger partial charge in [-0.25, -0.2) is 4.79 Å². The highest BCUT2D eigenvalue weighted by molar-refractivity contribution is 7.80. The summed E-state index contributed by atoms with van der Waals surface area (Å²) in [6.07, 6.45) is 0. The minimum atomic E-state index is -0.429. The zero-order valence-electron chi connectivity index (χ0n) is 12.6. The SMILES string of the molecule is CCOC(=O)C1=C(C)NC(C=S)=NC1c1ccc(CN)cc1. The Labute approximate surface area is 135 Å². The van der Waals surface area contributed by atoms with Crippen molar-refractivity contribution >= 4 is 29.4 Å². The zero-order chi connectivity index (χ0) is 16.1. The number of aliphatic imine (C=N–C) groups is 1. The Morgan fingerprint density at radius 3 is 2.68 bits per heavy atom. The molecular weight excluding hydrogens is 298 g/mol. The van der Waals surface area contributed by atoms with Crippen LogP contribution in [0.3, 0.4) is 0 Å². The van der Waals surface area contributed by atoms with Crippen LogP contribution in [0.25, 0.3) is 0 Å². The lowest BCUT2D eigenvalue weighted by molar-refractivity contribution is -0.138. The van der Waals surface area contributed by atoms with Crippen LogP contribution in [0.5, 0.6) is 0 Å². The van der Waals surface area contributed by atoms with Gasteiger partial charge in [-0.1, -0.05) is 36.5 Å². The molecule has 0 aromatic heterocycles. The van der Waals surface area contributed by atoms with Gasteiger partial charge in [-0.2, -0.15) is 0 Å². The van der Waals surface area contributed by atoms with E-state index in [1.54, 1.807) is 6.92 Å². The largest absolute Gasteiger partial charge is 0.463 e. The van der Waals surface area contributed by atoms with Crippen molar-refractivity contribution < 1.29 is 9.53 Å². The average molecular weight is 317 g/mol. The minimum Gasteiger partial charge on any atom is -0.463 e. The second-order valence-corrected chi connectivity index (χ2v) is 5.10. The summed E-state index contributed by atoms with van der Waals surface area (Å²) in [5.41, 5.74) is 8.75. The van der Waals surface area contributed by atoms with E-state index >= 15 is 0 Å². The topological polar surface area (TPSA) is 76.7 Å². The van der Waals surface area contributed by atoms with E-state index in [2.05, 4.69) is 10.3 Å². The van der Waals surface area contributed by atoms with Crippen molar-refractivity contribution in [3.8, 4) is 0 Å². The second-order valence-electron chi connectivity index (χ2n) is 4.86. The number of hydrogen-bond donors (Lipinski definition) is 2. The van der Waals surface area contributed by atoms with Gasteiger partial charge >= 0.3 is 5.97 Å². The lowest BCUT2D eigenvalue weighted by Gasteiger charge is -2.25. The number of nitrogens with zero attached hydrogens (tertiary/aromatic N) is 1. The molecule has 5 nitrogen and oxygen atoms in total. The Morgan fingerprint density at radius 1 is 1.45 bits per heavy atom. The molecule has 1 aliphatic rings. The number of allylic oxidation sites excluding steroid dienone is 1. The first-order valence-electron chi connectivity index (χ1n) is 7.07. The van der Waals surface area contributed by atoms with E-state index in [0.717, 1.165) is 11.1 Å². The summed E-state index contributed by atoms with van der Waals surface area (Å²) >= 11 is 4.95. The van der Waals surface area contributed by atoms with Crippen LogP contribution >= 0.6 is 12.2 Å². The van der Waals surface area contributed by atoms with Crippen LogP contribution in [0.2, 0.25) is 0 Å². The van der Waals surface area contributed by atoms with Crippen LogP contribution in [-0.2, 0) is 16.1 Å². The van der Waals surface area contributed by atoms with Crippen molar-refractivity contribution in [3.63, 3.8) is 0 Å². The molecule has 0 radical (unpaired) electrons. The maximum Gasteiger partial charge on any atom is 0.338 e. The number of carbonyl (C=O) groups is 1. The molecule has 6 heteroatoms. The standard InChI is InChI=1S/C16H19N3O2S/c1-3-21-16(20)14-10(2)18-13(9-22)19-15(14)12-6-4-11(8-17)5-7-12/h4-7,9,15H,3,8,17H2,1-2H3,(H,18,19). The number of esters is 1. The van der Waals surface area contributed by atoms with Gasteiger partial charge < -0.3 is 15.8 Å². The van der Waals surface area contributed by atoms with Gasteiger partial charge in [0.15, 0.2) is 0 Å². The molecule has 1 aromatic rings. The number of thiocarbonyl (C=S) groups is 1. The van der Waals surface area contributed by atoms with Gasteiger partial charge in [0.25, 0.3) is 0 Å². The summed E-state index contributed by atoms with van der Waals surface area (Å²) < 4.78 is 5.15. The first-order chi connectivity index (χ1) is 10.6. The molecule has 2 rings (SSSR count). The third-order valence-electron chi connectivity index (χ3n) is 3.40. The smallest absolute Gasteiger partial charge is 0.338 e. The first-order valence-corrected chi connectivity index (χ1v) is 7.54. The predicted octanol–water partition coefficient (Wildman–Crippen LogP) is 2.02. The molecule has 0 bridgehead atoms. The van der Waals surface area contributed by atoms with Crippen LogP contribution < -0.4 is 11.1 Å². The average Bonchev–Trinajstić information content (AvgIpc) is 2.54. The highest BCUT2D eigenvalue weighted by atomic mass is 32.1. The van der Waals surface area contributed by atoms with Crippen LogP contribution in [-0.4, -0.2) is 23.8 Å². The van der Waals surface area contributed by atoms with E-state index in [4.69, 9.17) is 22.7 Å². The molecule has 0 saturated carbocycles. The fourth-order valence-electron chi connectivity index (χ4n) is 2.31. The lowest BCUT2D eigenvalue weighted by Crippen LogP contribution is -2.32. The monoisotopic (exact) mass is 317 g/mol. The molecule has 1 unspecified atom stereocenters. The molecule has 3 N–H and O–H groups in total. The Hall–Kier alpha value is -2.05. The molecule has 22 heavy (non-hydrogen) atoms. The molecule has 0 saturated heterocycles. The van der Waals surface area contributed by atoms with E-state index in [1.165, 1.54) is 5.37 Å². The van der Waals surface area contributed by atoms with Gasteiger partial charge in [0, 0.05) is 17.6 Å². The van der Waals surface area contributed by atoms with Crippen molar-refractivity contribution in [2.75, 3.05) is 6.61 Å². The molecule has 1 heterocycles. The van der Waals surface area contributed by atoms with E-state index in [1.807, 2.05) is 31.2 Å². The first kappa shape index (κ1) is 16.3. The Morgan fingerprint density at radius 2 is 2.14 bits per heavy atom. The van der Waals surface area contributed by atoms with Crippen LogP contribution in [0.15, 0.2) is 40.5 Å². The Balaban J connectivity index is 2.44. The number of ether oxygens (including phenoxy) is 1. The summed E-state index contributed by atoms with van der Waals surface area (Å²) in [7, 11) is 0. The van der Waals surface area contributed by atoms with Gasteiger partial charge in [0.1, 0.15) is 11.9 Å².